The van der Waals surface area contributed by atoms with E-state index >= 15 is 0 Å². The largest absolute Gasteiger partial charge is 0.378 e. The van der Waals surface area contributed by atoms with Crippen molar-refractivity contribution in [1.82, 2.24) is 5.32 Å². The van der Waals surface area contributed by atoms with Gasteiger partial charge in [-0.2, -0.15) is 11.8 Å². The van der Waals surface area contributed by atoms with E-state index in [-0.39, 0.29) is 0 Å². The van der Waals surface area contributed by atoms with Gasteiger partial charge < -0.3 is 10.1 Å². The molecule has 1 fully saturated rings. The van der Waals surface area contributed by atoms with Crippen molar-refractivity contribution in [3.05, 3.63) is 0 Å². The van der Waals surface area contributed by atoms with Gasteiger partial charge in [-0.25, -0.2) is 0 Å². The van der Waals surface area contributed by atoms with E-state index < -0.39 is 0 Å². The topological polar surface area (TPSA) is 21.3 Å². The van der Waals surface area contributed by atoms with Crippen molar-refractivity contribution in [2.45, 2.75) is 45.3 Å². The Kier molecular flexibility index (Phi) is 6.65. The zero-order valence-corrected chi connectivity index (χ0v) is 10.2. The maximum absolute atomic E-state index is 5.51. The Hall–Kier alpha value is 0.270. The van der Waals surface area contributed by atoms with E-state index in [0.717, 1.165) is 12.6 Å². The molecular formula is C11H23NOS. The highest BCUT2D eigenvalue weighted by molar-refractivity contribution is 7.99. The lowest BCUT2D eigenvalue weighted by Gasteiger charge is -2.35. The highest BCUT2D eigenvalue weighted by atomic mass is 32.2. The average Bonchev–Trinajstić information content (AvgIpc) is 2.13. The number of nitrogens with one attached hydrogen (secondary N) is 1. The molecule has 0 aromatic rings. The fourth-order valence-corrected chi connectivity index (χ4v) is 2.37. The molecule has 1 rings (SSSR count). The number of thioether (sulfide) groups is 1. The zero-order chi connectivity index (χ0) is 10.2. The summed E-state index contributed by atoms with van der Waals surface area (Å²) in [7, 11) is 0. The first-order valence-electron chi connectivity index (χ1n) is 5.79. The number of ether oxygens (including phenoxy) is 1. The lowest BCUT2D eigenvalue weighted by Crippen LogP contribution is -2.45. The van der Waals surface area contributed by atoms with E-state index in [9.17, 15) is 0 Å². The summed E-state index contributed by atoms with van der Waals surface area (Å²) in [5.41, 5.74) is 0. The molecule has 0 aromatic heterocycles. The lowest BCUT2D eigenvalue weighted by atomic mass is 9.89. The van der Waals surface area contributed by atoms with Gasteiger partial charge in [0.05, 0.1) is 6.10 Å². The Morgan fingerprint density at radius 1 is 1.36 bits per heavy atom. The van der Waals surface area contributed by atoms with E-state index in [1.165, 1.54) is 37.3 Å². The molecule has 0 aromatic carbocycles. The third kappa shape index (κ3) is 4.67. The second kappa shape index (κ2) is 7.55. The molecule has 0 spiro atoms. The van der Waals surface area contributed by atoms with Crippen LogP contribution in [0.5, 0.6) is 0 Å². The van der Waals surface area contributed by atoms with Crippen molar-refractivity contribution in [3.8, 4) is 0 Å². The summed E-state index contributed by atoms with van der Waals surface area (Å²) in [6, 6.07) is 0.734. The number of hydrogen-bond acceptors (Lipinski definition) is 3. The monoisotopic (exact) mass is 217 g/mol. The van der Waals surface area contributed by atoms with Crippen LogP contribution in [0.1, 0.15) is 33.1 Å². The van der Waals surface area contributed by atoms with E-state index in [2.05, 4.69) is 19.2 Å². The van der Waals surface area contributed by atoms with Gasteiger partial charge in [0.1, 0.15) is 0 Å². The van der Waals surface area contributed by atoms with Crippen molar-refractivity contribution in [1.29, 1.82) is 0 Å². The van der Waals surface area contributed by atoms with Crippen LogP contribution in [0.15, 0.2) is 0 Å². The molecule has 14 heavy (non-hydrogen) atoms. The first-order chi connectivity index (χ1) is 6.86. The molecule has 0 unspecified atom stereocenters. The van der Waals surface area contributed by atoms with Gasteiger partial charge in [-0.3, -0.25) is 0 Å². The third-order valence-electron chi connectivity index (χ3n) is 2.60. The quantitative estimate of drug-likeness (QED) is 0.630. The summed E-state index contributed by atoms with van der Waals surface area (Å²) in [5.74, 6) is 2.54. The molecule has 3 heteroatoms. The zero-order valence-electron chi connectivity index (χ0n) is 9.42. The summed E-state index contributed by atoms with van der Waals surface area (Å²) in [4.78, 5) is 0. The van der Waals surface area contributed by atoms with Gasteiger partial charge in [-0.05, 0) is 44.2 Å². The van der Waals surface area contributed by atoms with Gasteiger partial charge in [0.25, 0.3) is 0 Å². The molecule has 0 amide bonds. The third-order valence-corrected chi connectivity index (χ3v) is 3.59. The molecule has 0 aliphatic heterocycles. The Bertz CT molecular complexity index is 137. The molecule has 1 N–H and O–H groups in total. The van der Waals surface area contributed by atoms with Crippen molar-refractivity contribution in [2.24, 2.45) is 0 Å². The predicted octanol–water partition coefficient (Wildman–Crippen LogP) is 2.29. The van der Waals surface area contributed by atoms with Gasteiger partial charge >= 0.3 is 0 Å². The Morgan fingerprint density at radius 2 is 2.14 bits per heavy atom. The first kappa shape index (κ1) is 12.3. The smallest absolute Gasteiger partial charge is 0.0604 e. The standard InChI is InChI=1S/C11H23NOS/c1-3-13-11-8-10(9-11)12-6-5-7-14-4-2/h10-12H,3-9H2,1-2H3. The van der Waals surface area contributed by atoms with Crippen LogP contribution in [-0.4, -0.2) is 36.8 Å². The van der Waals surface area contributed by atoms with Crippen LogP contribution in [0.4, 0.5) is 0 Å². The molecule has 0 heterocycles. The SMILES string of the molecule is CCOC1CC(NCCCSCC)C1. The second-order valence-corrected chi connectivity index (χ2v) is 5.14. The number of rotatable bonds is 8. The molecule has 1 aliphatic rings. The Balaban J connectivity index is 1.81. The molecule has 1 saturated carbocycles. The maximum atomic E-state index is 5.51. The highest BCUT2D eigenvalue weighted by Gasteiger charge is 2.28. The van der Waals surface area contributed by atoms with Crippen LogP contribution in [0, 0.1) is 0 Å². The van der Waals surface area contributed by atoms with Gasteiger partial charge in [-0.1, -0.05) is 6.92 Å². The summed E-state index contributed by atoms with van der Waals surface area (Å²) in [6.45, 7) is 6.33. The van der Waals surface area contributed by atoms with Crippen LogP contribution in [0.25, 0.3) is 0 Å². The van der Waals surface area contributed by atoms with Crippen molar-refractivity contribution >= 4 is 11.8 Å². The summed E-state index contributed by atoms with van der Waals surface area (Å²) >= 11 is 2.03. The van der Waals surface area contributed by atoms with Crippen molar-refractivity contribution in [3.63, 3.8) is 0 Å². The van der Waals surface area contributed by atoms with Crippen molar-refractivity contribution in [2.75, 3.05) is 24.7 Å². The summed E-state index contributed by atoms with van der Waals surface area (Å²) < 4.78 is 5.51. The van der Waals surface area contributed by atoms with E-state index in [4.69, 9.17) is 4.74 Å². The Labute approximate surface area is 92.2 Å². The van der Waals surface area contributed by atoms with Crippen molar-refractivity contribution < 1.29 is 4.74 Å². The normalized spacial score (nSPS) is 26.1. The number of hydrogen-bond donors (Lipinski definition) is 1. The Morgan fingerprint density at radius 3 is 2.79 bits per heavy atom. The molecule has 84 valence electrons. The fourth-order valence-electron chi connectivity index (χ4n) is 1.73. The van der Waals surface area contributed by atoms with E-state index in [1.807, 2.05) is 11.8 Å². The van der Waals surface area contributed by atoms with Crippen LogP contribution in [0.2, 0.25) is 0 Å². The molecular weight excluding hydrogens is 194 g/mol. The minimum atomic E-state index is 0.544. The first-order valence-corrected chi connectivity index (χ1v) is 6.95. The van der Waals surface area contributed by atoms with E-state index in [0.29, 0.717) is 6.10 Å². The lowest BCUT2D eigenvalue weighted by molar-refractivity contribution is -0.00964. The van der Waals surface area contributed by atoms with Crippen LogP contribution >= 0.6 is 11.8 Å². The van der Waals surface area contributed by atoms with Gasteiger partial charge in [0.15, 0.2) is 0 Å². The second-order valence-electron chi connectivity index (χ2n) is 3.75. The average molecular weight is 217 g/mol. The summed E-state index contributed by atoms with van der Waals surface area (Å²) in [6.07, 6.45) is 4.28. The van der Waals surface area contributed by atoms with Gasteiger partial charge in [-0.15, -0.1) is 0 Å². The molecule has 0 atom stereocenters. The van der Waals surface area contributed by atoms with Crippen LogP contribution < -0.4 is 5.32 Å². The maximum Gasteiger partial charge on any atom is 0.0604 e. The molecule has 1 aliphatic carbocycles. The van der Waals surface area contributed by atoms with Crippen LogP contribution in [-0.2, 0) is 4.74 Å². The van der Waals surface area contributed by atoms with Gasteiger partial charge in [0, 0.05) is 12.6 Å². The molecule has 0 radical (unpaired) electrons. The predicted molar refractivity (Wildman–Crippen MR) is 64.1 cm³/mol. The summed E-state index contributed by atoms with van der Waals surface area (Å²) in [5, 5.41) is 3.57. The van der Waals surface area contributed by atoms with Crippen LogP contribution in [0.3, 0.4) is 0 Å². The fraction of sp³-hybridized carbons (Fsp3) is 1.00. The van der Waals surface area contributed by atoms with Gasteiger partial charge in [0.2, 0.25) is 0 Å². The molecule has 0 bridgehead atoms. The molecule has 2 nitrogen and oxygen atoms in total. The minimum absolute atomic E-state index is 0.544. The van der Waals surface area contributed by atoms with E-state index in [1.54, 1.807) is 0 Å². The minimum Gasteiger partial charge on any atom is -0.378 e. The highest BCUT2D eigenvalue weighted by Crippen LogP contribution is 2.22. The molecule has 0 saturated heterocycles.